The molecule has 4 rings (SSSR count). The Morgan fingerprint density at radius 2 is 1.65 bits per heavy atom. The number of methoxy groups -OCH3 is 1. The summed E-state index contributed by atoms with van der Waals surface area (Å²) in [6.45, 7) is 3.46. The normalized spacial score (nSPS) is 20.2. The van der Waals surface area contributed by atoms with E-state index in [-0.39, 0.29) is 12.4 Å². The first kappa shape index (κ1) is 21.7. The Bertz CT molecular complexity index is 798. The van der Waals surface area contributed by atoms with Gasteiger partial charge in [0.05, 0.1) is 20.3 Å². The molecule has 0 bridgehead atoms. The molecule has 7 nitrogen and oxygen atoms in total. The van der Waals surface area contributed by atoms with E-state index in [0.717, 1.165) is 49.5 Å². The van der Waals surface area contributed by atoms with Gasteiger partial charge >= 0.3 is 0 Å². The maximum Gasteiger partial charge on any atom is 0.161 e. The zero-order chi connectivity index (χ0) is 21.3. The fourth-order valence-corrected chi connectivity index (χ4v) is 3.25. The first-order chi connectivity index (χ1) is 15.3. The highest BCUT2D eigenvalue weighted by Crippen LogP contribution is 2.29. The van der Waals surface area contributed by atoms with E-state index in [1.807, 2.05) is 42.5 Å². The molecule has 2 atom stereocenters. The molecule has 0 saturated carbocycles. The highest BCUT2D eigenvalue weighted by atomic mass is 16.7. The summed E-state index contributed by atoms with van der Waals surface area (Å²) in [7, 11) is 1.63. The van der Waals surface area contributed by atoms with Gasteiger partial charge in [-0.05, 0) is 61.2 Å². The zero-order valence-corrected chi connectivity index (χ0v) is 17.9. The molecule has 2 aromatic carbocycles. The van der Waals surface area contributed by atoms with Crippen LogP contribution in [0.3, 0.4) is 0 Å². The average Bonchev–Trinajstić information content (AvgIpc) is 3.65. The van der Waals surface area contributed by atoms with Crippen molar-refractivity contribution in [2.75, 3.05) is 40.1 Å². The molecule has 168 valence electrons. The van der Waals surface area contributed by atoms with Gasteiger partial charge in [0, 0.05) is 6.61 Å². The summed E-state index contributed by atoms with van der Waals surface area (Å²) in [6, 6.07) is 13.4. The number of ether oxygens (including phenoxy) is 7. The van der Waals surface area contributed by atoms with Crippen molar-refractivity contribution in [3.63, 3.8) is 0 Å². The fourth-order valence-electron chi connectivity index (χ4n) is 3.25. The smallest absolute Gasteiger partial charge is 0.161 e. The lowest BCUT2D eigenvalue weighted by Crippen LogP contribution is -2.22. The van der Waals surface area contributed by atoms with Crippen molar-refractivity contribution >= 4 is 0 Å². The number of rotatable bonds is 12. The Morgan fingerprint density at radius 1 is 0.871 bits per heavy atom. The van der Waals surface area contributed by atoms with Gasteiger partial charge in [-0.3, -0.25) is 0 Å². The van der Waals surface area contributed by atoms with Gasteiger partial charge in [0.1, 0.15) is 37.4 Å². The third kappa shape index (κ3) is 7.02. The van der Waals surface area contributed by atoms with Crippen LogP contribution in [-0.2, 0) is 20.8 Å². The topological polar surface area (TPSA) is 67.9 Å². The molecule has 2 aliphatic heterocycles. The highest BCUT2D eigenvalue weighted by molar-refractivity contribution is 5.42. The number of epoxide rings is 1. The predicted molar refractivity (Wildman–Crippen MR) is 114 cm³/mol. The van der Waals surface area contributed by atoms with E-state index in [2.05, 4.69) is 0 Å². The summed E-state index contributed by atoms with van der Waals surface area (Å²) in [5.41, 5.74) is 1.02. The van der Waals surface area contributed by atoms with Crippen molar-refractivity contribution < 1.29 is 33.2 Å². The molecular formula is C24H30O7. The third-order valence-corrected chi connectivity index (χ3v) is 5.07. The van der Waals surface area contributed by atoms with E-state index in [4.69, 9.17) is 33.2 Å². The molecule has 2 fully saturated rings. The molecule has 0 N–H and O–H groups in total. The minimum absolute atomic E-state index is 0.110. The molecular weight excluding hydrogens is 400 g/mol. The average molecular weight is 430 g/mol. The molecule has 0 radical (unpaired) electrons. The molecule has 2 aromatic rings. The van der Waals surface area contributed by atoms with Crippen LogP contribution in [0.4, 0.5) is 0 Å². The van der Waals surface area contributed by atoms with Crippen LogP contribution in [0.1, 0.15) is 24.8 Å². The fraction of sp³-hybridized carbons (Fsp3) is 0.500. The van der Waals surface area contributed by atoms with Crippen molar-refractivity contribution in [3.05, 3.63) is 48.0 Å². The van der Waals surface area contributed by atoms with Crippen LogP contribution >= 0.6 is 0 Å². The second-order valence-corrected chi connectivity index (χ2v) is 7.53. The standard InChI is InChI=1S/C24H30O7/c1-25-23-14-18(15-31-24-4-2-3-11-28-24)5-10-22(23)27-13-12-26-19-6-8-20(9-7-19)29-16-21-17-30-21/h5-10,14,21,24H,2-4,11-13,15-17H2,1H3/t21-,24?/m0/s1. The first-order valence-corrected chi connectivity index (χ1v) is 10.8. The van der Waals surface area contributed by atoms with Crippen LogP contribution in [0.5, 0.6) is 23.0 Å². The number of benzene rings is 2. The molecule has 7 heteroatoms. The van der Waals surface area contributed by atoms with Gasteiger partial charge in [0.2, 0.25) is 0 Å². The molecule has 0 aliphatic carbocycles. The van der Waals surface area contributed by atoms with Crippen LogP contribution in [0, 0.1) is 0 Å². The van der Waals surface area contributed by atoms with Gasteiger partial charge in [0.15, 0.2) is 17.8 Å². The molecule has 1 unspecified atom stereocenters. The van der Waals surface area contributed by atoms with Crippen LogP contribution in [-0.4, -0.2) is 52.5 Å². The lowest BCUT2D eigenvalue weighted by atomic mass is 10.2. The van der Waals surface area contributed by atoms with E-state index in [9.17, 15) is 0 Å². The summed E-state index contributed by atoms with van der Waals surface area (Å²) >= 11 is 0. The molecule has 2 saturated heterocycles. The molecule has 0 aromatic heterocycles. The zero-order valence-electron chi connectivity index (χ0n) is 17.9. The van der Waals surface area contributed by atoms with Gasteiger partial charge in [-0.15, -0.1) is 0 Å². The Morgan fingerprint density at radius 3 is 2.35 bits per heavy atom. The monoisotopic (exact) mass is 430 g/mol. The third-order valence-electron chi connectivity index (χ3n) is 5.07. The molecule has 2 aliphatic rings. The second kappa shape index (κ2) is 11.2. The number of hydrogen-bond acceptors (Lipinski definition) is 7. The Balaban J connectivity index is 1.18. The van der Waals surface area contributed by atoms with Crippen molar-refractivity contribution in [1.82, 2.24) is 0 Å². The van der Waals surface area contributed by atoms with Gasteiger partial charge in [-0.2, -0.15) is 0 Å². The second-order valence-electron chi connectivity index (χ2n) is 7.53. The maximum atomic E-state index is 5.84. The lowest BCUT2D eigenvalue weighted by Gasteiger charge is -2.22. The number of hydrogen-bond donors (Lipinski definition) is 0. The van der Waals surface area contributed by atoms with Crippen LogP contribution < -0.4 is 18.9 Å². The summed E-state index contributed by atoms with van der Waals surface area (Å²) in [5.74, 6) is 2.92. The SMILES string of the molecule is COc1cc(COC2CCCCO2)ccc1OCCOc1ccc(OC[C@H]2CO2)cc1. The van der Waals surface area contributed by atoms with Crippen molar-refractivity contribution in [1.29, 1.82) is 0 Å². The van der Waals surface area contributed by atoms with Crippen LogP contribution in [0.25, 0.3) is 0 Å². The van der Waals surface area contributed by atoms with E-state index < -0.39 is 0 Å². The molecule has 0 spiro atoms. The van der Waals surface area contributed by atoms with E-state index in [0.29, 0.717) is 37.9 Å². The maximum absolute atomic E-state index is 5.84. The van der Waals surface area contributed by atoms with E-state index in [1.54, 1.807) is 7.11 Å². The molecule has 2 heterocycles. The van der Waals surface area contributed by atoms with Gasteiger partial charge < -0.3 is 33.2 Å². The van der Waals surface area contributed by atoms with Crippen LogP contribution in [0.15, 0.2) is 42.5 Å². The largest absolute Gasteiger partial charge is 0.493 e. The summed E-state index contributed by atoms with van der Waals surface area (Å²) in [5, 5.41) is 0. The molecule has 31 heavy (non-hydrogen) atoms. The highest BCUT2D eigenvalue weighted by Gasteiger charge is 2.23. The quantitative estimate of drug-likeness (QED) is 0.373. The lowest BCUT2D eigenvalue weighted by molar-refractivity contribution is -0.168. The van der Waals surface area contributed by atoms with E-state index in [1.165, 1.54) is 0 Å². The minimum Gasteiger partial charge on any atom is -0.493 e. The van der Waals surface area contributed by atoms with Gasteiger partial charge in [0.25, 0.3) is 0 Å². The molecule has 0 amide bonds. The Kier molecular flexibility index (Phi) is 7.87. The van der Waals surface area contributed by atoms with Crippen molar-refractivity contribution in [2.45, 2.75) is 38.3 Å². The van der Waals surface area contributed by atoms with E-state index >= 15 is 0 Å². The summed E-state index contributed by atoms with van der Waals surface area (Å²) in [4.78, 5) is 0. The Hall–Kier alpha value is -2.48. The van der Waals surface area contributed by atoms with Crippen LogP contribution in [0.2, 0.25) is 0 Å². The minimum atomic E-state index is -0.110. The summed E-state index contributed by atoms with van der Waals surface area (Å²) < 4.78 is 39.3. The predicted octanol–water partition coefficient (Wildman–Crippen LogP) is 3.97. The Labute approximate surface area is 183 Å². The van der Waals surface area contributed by atoms with Gasteiger partial charge in [-0.1, -0.05) is 6.07 Å². The van der Waals surface area contributed by atoms with Crippen molar-refractivity contribution in [3.8, 4) is 23.0 Å². The first-order valence-electron chi connectivity index (χ1n) is 10.8. The van der Waals surface area contributed by atoms with Crippen molar-refractivity contribution in [2.24, 2.45) is 0 Å². The van der Waals surface area contributed by atoms with Gasteiger partial charge in [-0.25, -0.2) is 0 Å². The summed E-state index contributed by atoms with van der Waals surface area (Å²) in [6.07, 6.45) is 3.35.